The molecule has 0 aromatic carbocycles. The first-order valence-electron chi connectivity index (χ1n) is 29.2. The predicted octanol–water partition coefficient (Wildman–Crippen LogP) is 17.1. The first kappa shape index (κ1) is 69.2. The molecule has 11 nitrogen and oxygen atoms in total. The van der Waals surface area contributed by atoms with Gasteiger partial charge < -0.3 is 24.2 Å². The fourth-order valence-electron chi connectivity index (χ4n) is 7.95. The van der Waals surface area contributed by atoms with Gasteiger partial charge in [-0.25, -0.2) is 4.57 Å². The number of esters is 3. The number of phosphoric acid groups is 1. The fraction of sp³-hybridized carbons (Fsp3) is 0.783. The molecule has 0 bridgehead atoms. The van der Waals surface area contributed by atoms with Gasteiger partial charge in [0.05, 0.1) is 19.8 Å². The van der Waals surface area contributed by atoms with Gasteiger partial charge in [-0.1, -0.05) is 204 Å². The molecule has 0 saturated carbocycles. The van der Waals surface area contributed by atoms with Crippen molar-refractivity contribution in [2.75, 3.05) is 26.4 Å². The maximum Gasteiger partial charge on any atom is 0.472 e. The lowest BCUT2D eigenvalue weighted by Crippen LogP contribution is -2.30. The van der Waals surface area contributed by atoms with Gasteiger partial charge in [-0.05, 0) is 103 Å². The molecule has 0 aromatic rings. The third-order valence-electron chi connectivity index (χ3n) is 12.4. The van der Waals surface area contributed by atoms with Gasteiger partial charge >= 0.3 is 25.7 Å². The normalized spacial score (nSPS) is 13.8. The average molecular weight is 1040 g/mol. The van der Waals surface area contributed by atoms with E-state index in [1.807, 2.05) is 0 Å². The number of carbonyl (C=O) groups excluding carboxylic acids is 3. The van der Waals surface area contributed by atoms with Crippen LogP contribution in [0.4, 0.5) is 0 Å². The number of hydrogen-bond acceptors (Lipinski definition) is 10. The van der Waals surface area contributed by atoms with E-state index in [-0.39, 0.29) is 25.9 Å². The second-order valence-electron chi connectivity index (χ2n) is 19.4. The summed E-state index contributed by atoms with van der Waals surface area (Å²) in [5.74, 6) is -1.50. The van der Waals surface area contributed by atoms with Gasteiger partial charge in [0.15, 0.2) is 6.10 Å². The molecule has 0 rings (SSSR count). The minimum atomic E-state index is -4.76. The molecule has 0 fully saturated rings. The summed E-state index contributed by atoms with van der Waals surface area (Å²) in [6, 6.07) is 0. The molecule has 0 saturated heterocycles. The Kier molecular flexibility index (Phi) is 52.3. The van der Waals surface area contributed by atoms with Crippen LogP contribution in [-0.2, 0) is 42.2 Å². The Morgan fingerprint density at radius 2 is 0.722 bits per heavy atom. The molecule has 12 heteroatoms. The summed E-state index contributed by atoms with van der Waals surface area (Å²) in [4.78, 5) is 48.5. The lowest BCUT2D eigenvalue weighted by Gasteiger charge is -2.21. The van der Waals surface area contributed by atoms with Crippen molar-refractivity contribution in [3.63, 3.8) is 0 Å². The van der Waals surface area contributed by atoms with Crippen molar-refractivity contribution < 1.29 is 52.2 Å². The summed E-state index contributed by atoms with van der Waals surface area (Å²) in [7, 11) is -4.76. The average Bonchev–Trinajstić information content (AvgIpc) is 3.37. The van der Waals surface area contributed by atoms with Crippen LogP contribution in [0.3, 0.4) is 0 Å². The van der Waals surface area contributed by atoms with Crippen molar-refractivity contribution in [2.45, 2.75) is 277 Å². The van der Waals surface area contributed by atoms with E-state index in [4.69, 9.17) is 23.3 Å². The molecule has 0 heterocycles. The van der Waals surface area contributed by atoms with E-state index in [1.54, 1.807) is 0 Å². The summed E-state index contributed by atoms with van der Waals surface area (Å²) in [6.45, 7) is 4.48. The number of aliphatic hydroxyl groups excluding tert-OH is 1. The SMILES string of the molecule is CC/C=C\C/C=C\C/C=C\CCCCCC(=O)OC(CO)COP(=O)(O)OCC(COC(=O)CCCCCCC/C=C\CCCCCC)OC(=O)CCCCCCCCCCC/C=C\CCCCCCCC. The molecule has 0 spiro atoms. The second-order valence-corrected chi connectivity index (χ2v) is 20.9. The molecule has 0 aliphatic heterocycles. The summed E-state index contributed by atoms with van der Waals surface area (Å²) in [5, 5.41) is 9.80. The van der Waals surface area contributed by atoms with Gasteiger partial charge in [0.2, 0.25) is 0 Å². The molecule has 0 aromatic heterocycles. The largest absolute Gasteiger partial charge is 0.472 e. The Morgan fingerprint density at radius 3 is 1.15 bits per heavy atom. The zero-order chi connectivity index (χ0) is 52.7. The number of hydrogen-bond donors (Lipinski definition) is 2. The number of carbonyl (C=O) groups is 3. The number of unbranched alkanes of at least 4 members (excludes halogenated alkanes) is 27. The second kappa shape index (κ2) is 54.4. The van der Waals surface area contributed by atoms with Gasteiger partial charge in [-0.2, -0.15) is 0 Å². The van der Waals surface area contributed by atoms with Crippen molar-refractivity contribution in [1.82, 2.24) is 0 Å². The Labute approximate surface area is 440 Å². The monoisotopic (exact) mass is 1030 g/mol. The molecule has 0 amide bonds. The predicted molar refractivity (Wildman–Crippen MR) is 298 cm³/mol. The van der Waals surface area contributed by atoms with Crippen molar-refractivity contribution >= 4 is 25.7 Å². The Hall–Kier alpha value is -2.82. The fourth-order valence-corrected chi connectivity index (χ4v) is 8.73. The van der Waals surface area contributed by atoms with Crippen molar-refractivity contribution in [2.24, 2.45) is 0 Å². The van der Waals surface area contributed by atoms with Crippen molar-refractivity contribution in [3.05, 3.63) is 60.8 Å². The highest BCUT2D eigenvalue weighted by Crippen LogP contribution is 2.43. The number of aliphatic hydroxyl groups is 1. The van der Waals surface area contributed by atoms with Crippen LogP contribution in [0.15, 0.2) is 60.8 Å². The molecule has 0 radical (unpaired) electrons. The van der Waals surface area contributed by atoms with Crippen molar-refractivity contribution in [3.8, 4) is 0 Å². The number of phosphoric ester groups is 1. The highest BCUT2D eigenvalue weighted by molar-refractivity contribution is 7.47. The molecular formula is C60H107O11P. The minimum Gasteiger partial charge on any atom is -0.462 e. The zero-order valence-electron chi connectivity index (χ0n) is 46.1. The van der Waals surface area contributed by atoms with Gasteiger partial charge in [-0.3, -0.25) is 23.4 Å². The van der Waals surface area contributed by atoms with Gasteiger partial charge in [0, 0.05) is 19.3 Å². The van der Waals surface area contributed by atoms with Crippen LogP contribution in [0, 0.1) is 0 Å². The van der Waals surface area contributed by atoms with Gasteiger partial charge in [0.25, 0.3) is 0 Å². The number of allylic oxidation sites excluding steroid dienone is 10. The molecule has 418 valence electrons. The van der Waals surface area contributed by atoms with Crippen LogP contribution < -0.4 is 0 Å². The first-order valence-corrected chi connectivity index (χ1v) is 30.7. The van der Waals surface area contributed by atoms with E-state index in [0.717, 1.165) is 96.3 Å². The van der Waals surface area contributed by atoms with Crippen LogP contribution >= 0.6 is 7.82 Å². The van der Waals surface area contributed by atoms with Crippen LogP contribution in [0.5, 0.6) is 0 Å². The lowest BCUT2D eigenvalue weighted by atomic mass is 10.1. The van der Waals surface area contributed by atoms with Gasteiger partial charge in [-0.15, -0.1) is 0 Å². The minimum absolute atomic E-state index is 0.141. The number of ether oxygens (including phenoxy) is 3. The summed E-state index contributed by atoms with van der Waals surface area (Å²) < 4.78 is 39.5. The third kappa shape index (κ3) is 52.1. The molecule has 3 unspecified atom stereocenters. The van der Waals surface area contributed by atoms with E-state index in [1.165, 1.54) is 109 Å². The molecular weight excluding hydrogens is 928 g/mol. The van der Waals surface area contributed by atoms with E-state index in [0.29, 0.717) is 19.3 Å². The molecule has 0 aliphatic rings. The third-order valence-corrected chi connectivity index (χ3v) is 13.3. The van der Waals surface area contributed by atoms with Crippen LogP contribution in [0.2, 0.25) is 0 Å². The molecule has 2 N–H and O–H groups in total. The van der Waals surface area contributed by atoms with Crippen LogP contribution in [-0.4, -0.2) is 66.5 Å². The molecule has 72 heavy (non-hydrogen) atoms. The Morgan fingerprint density at radius 1 is 0.403 bits per heavy atom. The van der Waals surface area contributed by atoms with E-state index in [9.17, 15) is 28.9 Å². The number of rotatable bonds is 54. The summed E-state index contributed by atoms with van der Waals surface area (Å²) >= 11 is 0. The topological polar surface area (TPSA) is 155 Å². The molecule has 3 atom stereocenters. The Bertz CT molecular complexity index is 1440. The highest BCUT2D eigenvalue weighted by atomic mass is 31.2. The zero-order valence-corrected chi connectivity index (χ0v) is 47.0. The van der Waals surface area contributed by atoms with Crippen molar-refractivity contribution in [1.29, 1.82) is 0 Å². The van der Waals surface area contributed by atoms with Crippen LogP contribution in [0.25, 0.3) is 0 Å². The van der Waals surface area contributed by atoms with Gasteiger partial charge in [0.1, 0.15) is 12.7 Å². The summed E-state index contributed by atoms with van der Waals surface area (Å²) in [6.07, 6.45) is 59.0. The van der Waals surface area contributed by atoms with E-state index in [2.05, 4.69) is 81.5 Å². The maximum atomic E-state index is 12.9. The maximum absolute atomic E-state index is 12.9. The standard InChI is InChI=1S/C60H107O11P/c1-4-7-10-13-16-19-22-25-26-27-28-29-30-33-36-39-42-45-48-51-60(64)71-57(53-67-58(62)49-46-43-40-37-34-31-23-20-17-14-11-8-5-2)55-69-72(65,66)68-54-56(52-61)70-59(63)50-47-44-41-38-35-32-24-21-18-15-12-9-6-3/h9,12,18,20-21,23,25-26,32,35,56-57,61H,4-8,10-11,13-17,19,22,24,27-31,33-34,36-55H2,1-3H3,(H,65,66)/b12-9-,21-18-,23-20-,26-25-,35-32-. The van der Waals surface area contributed by atoms with Crippen LogP contribution in [0.1, 0.15) is 265 Å². The molecule has 0 aliphatic carbocycles. The van der Waals surface area contributed by atoms with E-state index >= 15 is 0 Å². The van der Waals surface area contributed by atoms with E-state index < -0.39 is 57.8 Å². The first-order chi connectivity index (χ1) is 35.2. The lowest BCUT2D eigenvalue weighted by molar-refractivity contribution is -0.161. The smallest absolute Gasteiger partial charge is 0.462 e. The quantitative estimate of drug-likeness (QED) is 0.0197. The summed E-state index contributed by atoms with van der Waals surface area (Å²) in [5.41, 5.74) is 0. The highest BCUT2D eigenvalue weighted by Gasteiger charge is 2.28. The Balaban J connectivity index is 4.73.